The molecule has 0 aliphatic carbocycles. The van der Waals surface area contributed by atoms with Crippen LogP contribution in [0, 0.1) is 5.92 Å². The average Bonchev–Trinajstić information content (AvgIpc) is 2.89. The molecule has 2 heterocycles. The molecule has 2 atom stereocenters. The van der Waals surface area contributed by atoms with Gasteiger partial charge in [-0.25, -0.2) is 0 Å². The molecule has 3 nitrogen and oxygen atoms in total. The summed E-state index contributed by atoms with van der Waals surface area (Å²) in [5.41, 5.74) is 4.36. The molecule has 15 heavy (non-hydrogen) atoms. The number of thiophene rings is 1. The van der Waals surface area contributed by atoms with Gasteiger partial charge in [0, 0.05) is 17.4 Å². The van der Waals surface area contributed by atoms with E-state index in [4.69, 9.17) is 10.6 Å². The highest BCUT2D eigenvalue weighted by Gasteiger charge is 2.28. The van der Waals surface area contributed by atoms with E-state index in [0.29, 0.717) is 5.92 Å². The van der Waals surface area contributed by atoms with E-state index in [2.05, 4.69) is 23.8 Å². The van der Waals surface area contributed by atoms with Crippen LogP contribution >= 0.6 is 11.3 Å². The van der Waals surface area contributed by atoms with Gasteiger partial charge in [0.05, 0.1) is 12.6 Å². The Labute approximate surface area is 94.6 Å². The number of rotatable bonds is 4. The third kappa shape index (κ3) is 2.23. The van der Waals surface area contributed by atoms with Crippen molar-refractivity contribution < 1.29 is 4.74 Å². The van der Waals surface area contributed by atoms with Crippen LogP contribution in [0.2, 0.25) is 0 Å². The standard InChI is InChI=1S/C11H18N2OS/c1-2-8-4-6-15-11(8)10(13-12)9-3-5-14-7-9/h4,6,9-10,13H,2-3,5,7,12H2,1H3. The van der Waals surface area contributed by atoms with Crippen molar-refractivity contribution in [3.05, 3.63) is 21.9 Å². The Bertz CT molecular complexity index is 307. The van der Waals surface area contributed by atoms with Crippen molar-refractivity contribution >= 4 is 11.3 Å². The second-order valence-corrected chi connectivity index (χ2v) is 4.88. The van der Waals surface area contributed by atoms with E-state index in [1.807, 2.05) is 0 Å². The lowest BCUT2D eigenvalue weighted by Gasteiger charge is -2.21. The van der Waals surface area contributed by atoms with Crippen molar-refractivity contribution in [2.75, 3.05) is 13.2 Å². The van der Waals surface area contributed by atoms with Crippen LogP contribution in [0.4, 0.5) is 0 Å². The molecular weight excluding hydrogens is 208 g/mol. The predicted octanol–water partition coefficient (Wildman–Crippen LogP) is 1.85. The minimum Gasteiger partial charge on any atom is -0.381 e. The van der Waals surface area contributed by atoms with E-state index in [9.17, 15) is 0 Å². The van der Waals surface area contributed by atoms with Gasteiger partial charge in [0.2, 0.25) is 0 Å². The first-order valence-electron chi connectivity index (χ1n) is 5.47. The van der Waals surface area contributed by atoms with Gasteiger partial charge in [0.1, 0.15) is 0 Å². The van der Waals surface area contributed by atoms with E-state index in [1.165, 1.54) is 10.4 Å². The highest BCUT2D eigenvalue weighted by atomic mass is 32.1. The number of nitrogens with one attached hydrogen (secondary N) is 1. The molecule has 84 valence electrons. The molecule has 0 spiro atoms. The van der Waals surface area contributed by atoms with Crippen molar-refractivity contribution in [3.8, 4) is 0 Å². The number of hydrogen-bond donors (Lipinski definition) is 2. The molecule has 0 radical (unpaired) electrons. The summed E-state index contributed by atoms with van der Waals surface area (Å²) in [6.07, 6.45) is 2.18. The molecule has 1 aromatic rings. The number of aryl methyl sites for hydroxylation is 1. The quantitative estimate of drug-likeness (QED) is 0.608. The number of nitrogens with two attached hydrogens (primary N) is 1. The molecule has 4 heteroatoms. The van der Waals surface area contributed by atoms with Crippen molar-refractivity contribution in [1.29, 1.82) is 0 Å². The minimum absolute atomic E-state index is 0.266. The Hall–Kier alpha value is -0.420. The lowest BCUT2D eigenvalue weighted by atomic mass is 9.95. The highest BCUT2D eigenvalue weighted by Crippen LogP contribution is 2.33. The third-order valence-electron chi connectivity index (χ3n) is 3.06. The smallest absolute Gasteiger partial charge is 0.0606 e. The average molecular weight is 226 g/mol. The molecule has 1 saturated heterocycles. The Morgan fingerprint density at radius 2 is 2.60 bits per heavy atom. The Kier molecular flexibility index (Phi) is 3.75. The molecule has 3 N–H and O–H groups in total. The van der Waals surface area contributed by atoms with E-state index in [-0.39, 0.29) is 6.04 Å². The summed E-state index contributed by atoms with van der Waals surface area (Å²) in [6, 6.07) is 2.46. The first-order chi connectivity index (χ1) is 7.36. The van der Waals surface area contributed by atoms with Crippen molar-refractivity contribution in [2.45, 2.75) is 25.8 Å². The molecule has 1 aromatic heterocycles. The van der Waals surface area contributed by atoms with E-state index in [0.717, 1.165) is 26.1 Å². The third-order valence-corrected chi connectivity index (χ3v) is 4.10. The van der Waals surface area contributed by atoms with Gasteiger partial charge in [-0.1, -0.05) is 6.92 Å². The first kappa shape index (κ1) is 11.1. The summed E-state index contributed by atoms with van der Waals surface area (Å²) in [6.45, 7) is 3.88. The Morgan fingerprint density at radius 3 is 3.20 bits per heavy atom. The molecule has 2 rings (SSSR count). The van der Waals surface area contributed by atoms with E-state index in [1.54, 1.807) is 11.3 Å². The Morgan fingerprint density at radius 1 is 1.73 bits per heavy atom. The van der Waals surface area contributed by atoms with Crippen molar-refractivity contribution in [3.63, 3.8) is 0 Å². The molecule has 1 fully saturated rings. The van der Waals surface area contributed by atoms with Crippen LogP contribution in [0.3, 0.4) is 0 Å². The van der Waals surface area contributed by atoms with Gasteiger partial charge in [0.15, 0.2) is 0 Å². The topological polar surface area (TPSA) is 47.3 Å². The van der Waals surface area contributed by atoms with Gasteiger partial charge < -0.3 is 4.74 Å². The zero-order valence-electron chi connectivity index (χ0n) is 9.03. The Balaban J connectivity index is 2.17. The van der Waals surface area contributed by atoms with E-state index >= 15 is 0 Å². The number of hydrazine groups is 1. The first-order valence-corrected chi connectivity index (χ1v) is 6.35. The zero-order chi connectivity index (χ0) is 10.7. The van der Waals surface area contributed by atoms with Gasteiger partial charge in [-0.3, -0.25) is 11.3 Å². The van der Waals surface area contributed by atoms with Crippen LogP contribution in [0.15, 0.2) is 11.4 Å². The second kappa shape index (κ2) is 5.07. The maximum atomic E-state index is 5.67. The summed E-state index contributed by atoms with van der Waals surface area (Å²) >= 11 is 1.80. The van der Waals surface area contributed by atoms with Gasteiger partial charge >= 0.3 is 0 Å². The maximum absolute atomic E-state index is 5.67. The van der Waals surface area contributed by atoms with Crippen LogP contribution in [0.25, 0.3) is 0 Å². The van der Waals surface area contributed by atoms with Crippen LogP contribution in [0.5, 0.6) is 0 Å². The minimum atomic E-state index is 0.266. The van der Waals surface area contributed by atoms with Crippen molar-refractivity contribution in [2.24, 2.45) is 11.8 Å². The molecule has 0 aromatic carbocycles. The van der Waals surface area contributed by atoms with Gasteiger partial charge in [-0.2, -0.15) is 0 Å². The fraction of sp³-hybridized carbons (Fsp3) is 0.636. The van der Waals surface area contributed by atoms with Crippen LogP contribution in [-0.2, 0) is 11.2 Å². The predicted molar refractivity (Wildman–Crippen MR) is 62.7 cm³/mol. The summed E-state index contributed by atoms with van der Waals surface area (Å²) in [5.74, 6) is 6.20. The maximum Gasteiger partial charge on any atom is 0.0606 e. The van der Waals surface area contributed by atoms with Crippen LogP contribution < -0.4 is 11.3 Å². The van der Waals surface area contributed by atoms with Gasteiger partial charge in [-0.05, 0) is 29.9 Å². The fourth-order valence-corrected chi connectivity index (χ4v) is 3.30. The largest absolute Gasteiger partial charge is 0.381 e. The molecule has 0 bridgehead atoms. The lowest BCUT2D eigenvalue weighted by Crippen LogP contribution is -2.33. The highest BCUT2D eigenvalue weighted by molar-refractivity contribution is 7.10. The summed E-state index contributed by atoms with van der Waals surface area (Å²) in [7, 11) is 0. The fourth-order valence-electron chi connectivity index (χ4n) is 2.15. The zero-order valence-corrected chi connectivity index (χ0v) is 9.85. The van der Waals surface area contributed by atoms with Crippen LogP contribution in [0.1, 0.15) is 29.8 Å². The SMILES string of the molecule is CCc1ccsc1C(NN)C1CCOC1. The molecule has 2 unspecified atom stereocenters. The number of hydrogen-bond acceptors (Lipinski definition) is 4. The van der Waals surface area contributed by atoms with E-state index < -0.39 is 0 Å². The lowest BCUT2D eigenvalue weighted by molar-refractivity contribution is 0.177. The van der Waals surface area contributed by atoms with Crippen molar-refractivity contribution in [1.82, 2.24) is 5.43 Å². The normalized spacial score (nSPS) is 23.2. The molecule has 0 amide bonds. The monoisotopic (exact) mass is 226 g/mol. The summed E-state index contributed by atoms with van der Waals surface area (Å²) in [5, 5.41) is 2.15. The second-order valence-electron chi connectivity index (χ2n) is 3.93. The molecular formula is C11H18N2OS. The van der Waals surface area contributed by atoms with Crippen LogP contribution in [-0.4, -0.2) is 13.2 Å². The molecule has 1 aliphatic rings. The van der Waals surface area contributed by atoms with Gasteiger partial charge in [-0.15, -0.1) is 11.3 Å². The summed E-state index contributed by atoms with van der Waals surface area (Å²) in [4.78, 5) is 1.38. The van der Waals surface area contributed by atoms with Gasteiger partial charge in [0.25, 0.3) is 0 Å². The summed E-state index contributed by atoms with van der Waals surface area (Å²) < 4.78 is 5.42. The number of ether oxygens (including phenoxy) is 1. The molecule has 0 saturated carbocycles. The molecule has 1 aliphatic heterocycles.